The topological polar surface area (TPSA) is 104 Å². The molecule has 2 amide bonds. The number of carbonyl (C=O) groups excluding carboxylic acids is 2. The minimum atomic E-state index is -3.43. The molecule has 1 unspecified atom stereocenters. The third-order valence-electron chi connectivity index (χ3n) is 3.12. The van der Waals surface area contributed by atoms with Crippen LogP contribution in [0.2, 0.25) is 0 Å². The molecule has 0 aliphatic carbocycles. The standard InChI is InChI=1S/C13H17N3O4S/c1-21(19,20)16-11-5-3-2-4-10(11)15-13(18)9-6-7-12(17)14-8-9/h2-5,9,16H,6-8H2,1H3,(H,14,17)(H,15,18). The predicted molar refractivity (Wildman–Crippen MR) is 79.3 cm³/mol. The number of amides is 2. The van der Waals surface area contributed by atoms with Crippen LogP contribution in [0.15, 0.2) is 24.3 Å². The van der Waals surface area contributed by atoms with Gasteiger partial charge in [0.05, 0.1) is 23.5 Å². The number of sulfonamides is 1. The molecule has 1 heterocycles. The summed E-state index contributed by atoms with van der Waals surface area (Å²) in [5.74, 6) is -0.607. The summed E-state index contributed by atoms with van der Waals surface area (Å²) in [6.45, 7) is 0.298. The fourth-order valence-electron chi connectivity index (χ4n) is 2.07. The average molecular weight is 311 g/mol. The van der Waals surface area contributed by atoms with Gasteiger partial charge >= 0.3 is 0 Å². The summed E-state index contributed by atoms with van der Waals surface area (Å²) in [5.41, 5.74) is 0.707. The SMILES string of the molecule is CS(=O)(=O)Nc1ccccc1NC(=O)C1CCC(=O)NC1. The molecule has 1 aliphatic heterocycles. The van der Waals surface area contributed by atoms with Crippen LogP contribution in [0.5, 0.6) is 0 Å². The van der Waals surface area contributed by atoms with Crippen LogP contribution < -0.4 is 15.4 Å². The lowest BCUT2D eigenvalue weighted by Gasteiger charge is -2.22. The normalized spacial score (nSPS) is 18.7. The minimum Gasteiger partial charge on any atom is -0.355 e. The first-order valence-electron chi connectivity index (χ1n) is 6.49. The molecule has 7 nitrogen and oxygen atoms in total. The van der Waals surface area contributed by atoms with E-state index in [2.05, 4.69) is 15.4 Å². The number of benzene rings is 1. The summed E-state index contributed by atoms with van der Waals surface area (Å²) in [6, 6.07) is 6.56. The van der Waals surface area contributed by atoms with Crippen molar-refractivity contribution in [1.82, 2.24) is 5.32 Å². The molecule has 1 aromatic carbocycles. The zero-order valence-corrected chi connectivity index (χ0v) is 12.4. The highest BCUT2D eigenvalue weighted by atomic mass is 32.2. The first kappa shape index (κ1) is 15.3. The maximum absolute atomic E-state index is 12.2. The maximum Gasteiger partial charge on any atom is 0.229 e. The highest BCUT2D eigenvalue weighted by molar-refractivity contribution is 7.92. The number of rotatable bonds is 4. The highest BCUT2D eigenvalue weighted by Crippen LogP contribution is 2.23. The molecule has 114 valence electrons. The Labute approximate surface area is 123 Å². The van der Waals surface area contributed by atoms with Crippen molar-refractivity contribution in [3.05, 3.63) is 24.3 Å². The van der Waals surface area contributed by atoms with Crippen molar-refractivity contribution in [2.45, 2.75) is 12.8 Å². The second-order valence-electron chi connectivity index (χ2n) is 4.95. The van der Waals surface area contributed by atoms with Crippen LogP contribution in [0.1, 0.15) is 12.8 Å². The lowest BCUT2D eigenvalue weighted by atomic mass is 9.98. The zero-order valence-electron chi connectivity index (χ0n) is 11.5. The molecule has 3 N–H and O–H groups in total. The van der Waals surface area contributed by atoms with Gasteiger partial charge in [0.1, 0.15) is 0 Å². The van der Waals surface area contributed by atoms with Crippen molar-refractivity contribution in [1.29, 1.82) is 0 Å². The van der Waals surface area contributed by atoms with Crippen LogP contribution in [0.3, 0.4) is 0 Å². The molecule has 1 saturated heterocycles. The first-order valence-corrected chi connectivity index (χ1v) is 8.38. The molecule has 0 spiro atoms. The van der Waals surface area contributed by atoms with E-state index in [0.29, 0.717) is 30.8 Å². The molecular weight excluding hydrogens is 294 g/mol. The summed E-state index contributed by atoms with van der Waals surface area (Å²) in [4.78, 5) is 23.2. The summed E-state index contributed by atoms with van der Waals surface area (Å²) >= 11 is 0. The Morgan fingerprint density at radius 3 is 2.52 bits per heavy atom. The largest absolute Gasteiger partial charge is 0.355 e. The van der Waals surface area contributed by atoms with E-state index < -0.39 is 10.0 Å². The molecule has 1 atom stereocenters. The Kier molecular flexibility index (Phi) is 4.46. The number of hydrogen-bond donors (Lipinski definition) is 3. The molecule has 1 fully saturated rings. The van der Waals surface area contributed by atoms with Crippen LogP contribution in [0, 0.1) is 5.92 Å². The number of carbonyl (C=O) groups is 2. The lowest BCUT2D eigenvalue weighted by Crippen LogP contribution is -2.40. The summed E-state index contributed by atoms with van der Waals surface area (Å²) in [7, 11) is -3.43. The third kappa shape index (κ3) is 4.45. The van der Waals surface area contributed by atoms with Crippen molar-refractivity contribution in [2.24, 2.45) is 5.92 Å². The molecule has 21 heavy (non-hydrogen) atoms. The summed E-state index contributed by atoms with van der Waals surface area (Å²) in [5, 5.41) is 5.34. The average Bonchev–Trinajstić information content (AvgIpc) is 2.40. The smallest absolute Gasteiger partial charge is 0.229 e. The van der Waals surface area contributed by atoms with E-state index in [1.165, 1.54) is 0 Å². The Hall–Kier alpha value is -2.09. The summed E-state index contributed by atoms with van der Waals surface area (Å²) < 4.78 is 25.0. The zero-order chi connectivity index (χ0) is 15.5. The molecule has 0 bridgehead atoms. The number of piperidine rings is 1. The van der Waals surface area contributed by atoms with Crippen LogP contribution in [-0.4, -0.2) is 33.0 Å². The number of nitrogens with one attached hydrogen (secondary N) is 3. The van der Waals surface area contributed by atoms with Gasteiger partial charge < -0.3 is 10.6 Å². The van der Waals surface area contributed by atoms with E-state index in [1.807, 2.05) is 0 Å². The molecule has 1 aliphatic rings. The van der Waals surface area contributed by atoms with Gasteiger partial charge in [-0.2, -0.15) is 0 Å². The van der Waals surface area contributed by atoms with Gasteiger partial charge in [0.15, 0.2) is 0 Å². The maximum atomic E-state index is 12.2. The van der Waals surface area contributed by atoms with Crippen molar-refractivity contribution >= 4 is 33.2 Å². The Morgan fingerprint density at radius 1 is 1.29 bits per heavy atom. The van der Waals surface area contributed by atoms with Gasteiger partial charge in [-0.3, -0.25) is 14.3 Å². The van der Waals surface area contributed by atoms with Gasteiger partial charge in [0, 0.05) is 13.0 Å². The highest BCUT2D eigenvalue weighted by Gasteiger charge is 2.25. The fraction of sp³-hybridized carbons (Fsp3) is 0.385. The van der Waals surface area contributed by atoms with E-state index in [9.17, 15) is 18.0 Å². The Bertz CT molecular complexity index is 647. The molecule has 0 aromatic heterocycles. The fourth-order valence-corrected chi connectivity index (χ4v) is 2.65. The molecule has 2 rings (SSSR count). The van der Waals surface area contributed by atoms with Gasteiger partial charge in [0.25, 0.3) is 0 Å². The van der Waals surface area contributed by atoms with E-state index in [0.717, 1.165) is 6.26 Å². The van der Waals surface area contributed by atoms with E-state index in [4.69, 9.17) is 0 Å². The summed E-state index contributed by atoms with van der Waals surface area (Å²) in [6.07, 6.45) is 1.85. The molecule has 8 heteroatoms. The molecular formula is C13H17N3O4S. The predicted octanol–water partition coefficient (Wildman–Crippen LogP) is 0.523. The van der Waals surface area contributed by atoms with Crippen LogP contribution in [-0.2, 0) is 19.6 Å². The van der Waals surface area contributed by atoms with Crippen LogP contribution in [0.25, 0.3) is 0 Å². The Balaban J connectivity index is 2.09. The van der Waals surface area contributed by atoms with Crippen molar-refractivity contribution in [3.63, 3.8) is 0 Å². The van der Waals surface area contributed by atoms with E-state index >= 15 is 0 Å². The number of para-hydroxylation sites is 2. The molecule has 1 aromatic rings. The number of hydrogen-bond acceptors (Lipinski definition) is 4. The third-order valence-corrected chi connectivity index (χ3v) is 3.71. The quantitative estimate of drug-likeness (QED) is 0.754. The lowest BCUT2D eigenvalue weighted by molar-refractivity contribution is -0.126. The van der Waals surface area contributed by atoms with Gasteiger partial charge in [-0.05, 0) is 18.6 Å². The Morgan fingerprint density at radius 2 is 1.95 bits per heavy atom. The van der Waals surface area contributed by atoms with Crippen LogP contribution >= 0.6 is 0 Å². The van der Waals surface area contributed by atoms with Crippen molar-refractivity contribution < 1.29 is 18.0 Å². The minimum absolute atomic E-state index is 0.0572. The molecule has 0 saturated carbocycles. The first-order chi connectivity index (χ1) is 9.85. The van der Waals surface area contributed by atoms with Gasteiger partial charge in [0.2, 0.25) is 21.8 Å². The van der Waals surface area contributed by atoms with Gasteiger partial charge in [-0.15, -0.1) is 0 Å². The van der Waals surface area contributed by atoms with Gasteiger partial charge in [-0.1, -0.05) is 12.1 Å². The van der Waals surface area contributed by atoms with Crippen molar-refractivity contribution in [2.75, 3.05) is 22.8 Å². The second-order valence-corrected chi connectivity index (χ2v) is 6.70. The van der Waals surface area contributed by atoms with E-state index in [-0.39, 0.29) is 17.7 Å². The monoisotopic (exact) mass is 311 g/mol. The second kappa shape index (κ2) is 6.13. The van der Waals surface area contributed by atoms with Gasteiger partial charge in [-0.25, -0.2) is 8.42 Å². The van der Waals surface area contributed by atoms with E-state index in [1.54, 1.807) is 24.3 Å². The van der Waals surface area contributed by atoms with Crippen molar-refractivity contribution in [3.8, 4) is 0 Å². The van der Waals surface area contributed by atoms with Crippen LogP contribution in [0.4, 0.5) is 11.4 Å². The number of anilines is 2. The molecule has 0 radical (unpaired) electrons.